The SMILES string of the molecule is NCc1cccn2c(C3CCOC3)nnc12. The highest BCUT2D eigenvalue weighted by atomic mass is 16.5. The van der Waals surface area contributed by atoms with Gasteiger partial charge in [-0.15, -0.1) is 10.2 Å². The molecule has 1 fully saturated rings. The lowest BCUT2D eigenvalue weighted by atomic mass is 10.1. The second kappa shape index (κ2) is 3.84. The molecule has 0 spiro atoms. The lowest BCUT2D eigenvalue weighted by Crippen LogP contribution is -2.05. The van der Waals surface area contributed by atoms with Gasteiger partial charge in [-0.2, -0.15) is 0 Å². The average Bonchev–Trinajstić information content (AvgIpc) is 2.96. The van der Waals surface area contributed by atoms with Crippen LogP contribution in [0.1, 0.15) is 23.7 Å². The Bertz CT molecular complexity index is 502. The van der Waals surface area contributed by atoms with E-state index < -0.39 is 0 Å². The summed E-state index contributed by atoms with van der Waals surface area (Å²) in [5.41, 5.74) is 7.57. The second-order valence-electron chi connectivity index (χ2n) is 4.05. The molecular weight excluding hydrogens is 204 g/mol. The molecule has 84 valence electrons. The van der Waals surface area contributed by atoms with Crippen molar-refractivity contribution in [1.29, 1.82) is 0 Å². The number of nitrogens with zero attached hydrogens (tertiary/aromatic N) is 3. The van der Waals surface area contributed by atoms with Gasteiger partial charge in [-0.05, 0) is 12.5 Å². The predicted molar refractivity (Wildman–Crippen MR) is 59.1 cm³/mol. The van der Waals surface area contributed by atoms with Gasteiger partial charge in [0.25, 0.3) is 0 Å². The van der Waals surface area contributed by atoms with Gasteiger partial charge in [0.1, 0.15) is 5.82 Å². The minimum absolute atomic E-state index is 0.364. The largest absolute Gasteiger partial charge is 0.381 e. The van der Waals surface area contributed by atoms with Crippen LogP contribution in [0.25, 0.3) is 5.65 Å². The van der Waals surface area contributed by atoms with E-state index in [0.717, 1.165) is 36.7 Å². The molecule has 0 aromatic carbocycles. The Morgan fingerprint density at radius 1 is 1.50 bits per heavy atom. The molecule has 0 saturated carbocycles. The maximum absolute atomic E-state index is 5.67. The second-order valence-corrected chi connectivity index (χ2v) is 4.05. The van der Waals surface area contributed by atoms with Crippen LogP contribution in [0.5, 0.6) is 0 Å². The maximum Gasteiger partial charge on any atom is 0.165 e. The first-order valence-electron chi connectivity index (χ1n) is 5.50. The van der Waals surface area contributed by atoms with E-state index in [2.05, 4.69) is 10.2 Å². The van der Waals surface area contributed by atoms with Crippen LogP contribution >= 0.6 is 0 Å². The van der Waals surface area contributed by atoms with Gasteiger partial charge in [0.15, 0.2) is 5.65 Å². The number of fused-ring (bicyclic) bond motifs is 1. The van der Waals surface area contributed by atoms with Crippen molar-refractivity contribution >= 4 is 5.65 Å². The molecule has 2 N–H and O–H groups in total. The molecule has 3 rings (SSSR count). The third-order valence-electron chi connectivity index (χ3n) is 3.06. The summed E-state index contributed by atoms with van der Waals surface area (Å²) in [6, 6.07) is 3.97. The zero-order chi connectivity index (χ0) is 11.0. The van der Waals surface area contributed by atoms with E-state index in [1.54, 1.807) is 0 Å². The molecule has 2 aromatic heterocycles. The van der Waals surface area contributed by atoms with Crippen LogP contribution < -0.4 is 5.73 Å². The van der Waals surface area contributed by atoms with Gasteiger partial charge in [0.05, 0.1) is 6.61 Å². The van der Waals surface area contributed by atoms with Crippen LogP contribution in [0.2, 0.25) is 0 Å². The zero-order valence-corrected chi connectivity index (χ0v) is 8.97. The van der Waals surface area contributed by atoms with Gasteiger partial charge >= 0.3 is 0 Å². The average molecular weight is 218 g/mol. The topological polar surface area (TPSA) is 65.4 Å². The van der Waals surface area contributed by atoms with Crippen LogP contribution in [0, 0.1) is 0 Å². The Morgan fingerprint density at radius 2 is 2.44 bits per heavy atom. The molecule has 0 aliphatic carbocycles. The van der Waals surface area contributed by atoms with Gasteiger partial charge in [-0.3, -0.25) is 4.40 Å². The summed E-state index contributed by atoms with van der Waals surface area (Å²) in [5.74, 6) is 1.35. The molecule has 0 radical (unpaired) electrons. The van der Waals surface area contributed by atoms with E-state index >= 15 is 0 Å². The molecule has 0 amide bonds. The van der Waals surface area contributed by atoms with E-state index in [-0.39, 0.29) is 0 Å². The summed E-state index contributed by atoms with van der Waals surface area (Å²) >= 11 is 0. The Hall–Kier alpha value is -1.46. The molecular formula is C11H14N4O. The van der Waals surface area contributed by atoms with Crippen LogP contribution in [0.3, 0.4) is 0 Å². The molecule has 1 aliphatic heterocycles. The Balaban J connectivity index is 2.12. The van der Waals surface area contributed by atoms with Gasteiger partial charge in [0.2, 0.25) is 0 Å². The smallest absolute Gasteiger partial charge is 0.165 e. The monoisotopic (exact) mass is 218 g/mol. The molecule has 1 unspecified atom stereocenters. The van der Waals surface area contributed by atoms with E-state index in [0.29, 0.717) is 12.5 Å². The molecule has 5 heteroatoms. The summed E-state index contributed by atoms with van der Waals surface area (Å²) in [7, 11) is 0. The number of hydrogen-bond donors (Lipinski definition) is 1. The third-order valence-corrected chi connectivity index (χ3v) is 3.06. The molecule has 2 aromatic rings. The van der Waals surface area contributed by atoms with Gasteiger partial charge in [0, 0.05) is 30.8 Å². The number of pyridine rings is 1. The van der Waals surface area contributed by atoms with Crippen LogP contribution in [0.4, 0.5) is 0 Å². The molecule has 1 saturated heterocycles. The van der Waals surface area contributed by atoms with Crippen molar-refractivity contribution in [3.05, 3.63) is 29.7 Å². The molecule has 16 heavy (non-hydrogen) atoms. The molecule has 1 atom stereocenters. The first-order chi connectivity index (χ1) is 7.90. The zero-order valence-electron chi connectivity index (χ0n) is 8.97. The van der Waals surface area contributed by atoms with Crippen molar-refractivity contribution in [2.75, 3.05) is 13.2 Å². The van der Waals surface area contributed by atoms with E-state index in [9.17, 15) is 0 Å². The minimum Gasteiger partial charge on any atom is -0.381 e. The van der Waals surface area contributed by atoms with E-state index in [1.165, 1.54) is 0 Å². The molecule has 0 bridgehead atoms. The summed E-state index contributed by atoms with van der Waals surface area (Å²) in [4.78, 5) is 0. The number of ether oxygens (including phenoxy) is 1. The number of hydrogen-bond acceptors (Lipinski definition) is 4. The van der Waals surface area contributed by atoms with Crippen molar-refractivity contribution < 1.29 is 4.74 Å². The molecule has 3 heterocycles. The quantitative estimate of drug-likeness (QED) is 0.805. The fraction of sp³-hybridized carbons (Fsp3) is 0.455. The fourth-order valence-corrected chi connectivity index (χ4v) is 2.16. The number of nitrogens with two attached hydrogens (primary N) is 1. The highest BCUT2D eigenvalue weighted by Gasteiger charge is 2.23. The highest BCUT2D eigenvalue weighted by Crippen LogP contribution is 2.24. The van der Waals surface area contributed by atoms with Crippen molar-refractivity contribution in [2.24, 2.45) is 5.73 Å². The Labute approximate surface area is 93.2 Å². The maximum atomic E-state index is 5.67. The van der Waals surface area contributed by atoms with Gasteiger partial charge in [-0.25, -0.2) is 0 Å². The normalized spacial score (nSPS) is 20.7. The van der Waals surface area contributed by atoms with E-state index in [4.69, 9.17) is 10.5 Å². The number of aromatic nitrogens is 3. The van der Waals surface area contributed by atoms with E-state index in [1.807, 2.05) is 22.7 Å². The first kappa shape index (κ1) is 9.74. The number of rotatable bonds is 2. The fourth-order valence-electron chi connectivity index (χ4n) is 2.16. The van der Waals surface area contributed by atoms with Gasteiger partial charge < -0.3 is 10.5 Å². The Morgan fingerprint density at radius 3 is 3.19 bits per heavy atom. The van der Waals surface area contributed by atoms with Gasteiger partial charge in [-0.1, -0.05) is 6.07 Å². The van der Waals surface area contributed by atoms with Crippen LogP contribution in [-0.4, -0.2) is 27.8 Å². The lowest BCUT2D eigenvalue weighted by Gasteiger charge is -2.05. The summed E-state index contributed by atoms with van der Waals surface area (Å²) in [6.45, 7) is 2.05. The van der Waals surface area contributed by atoms with Crippen molar-refractivity contribution in [2.45, 2.75) is 18.9 Å². The van der Waals surface area contributed by atoms with Crippen LogP contribution in [-0.2, 0) is 11.3 Å². The standard InChI is InChI=1S/C11H14N4O/c12-6-8-2-1-4-15-10(8)13-14-11(15)9-3-5-16-7-9/h1-2,4,9H,3,5-7,12H2. The highest BCUT2D eigenvalue weighted by molar-refractivity contribution is 5.47. The van der Waals surface area contributed by atoms with Crippen molar-refractivity contribution in [3.8, 4) is 0 Å². The lowest BCUT2D eigenvalue weighted by molar-refractivity contribution is 0.193. The Kier molecular flexibility index (Phi) is 2.34. The van der Waals surface area contributed by atoms with Crippen molar-refractivity contribution in [3.63, 3.8) is 0 Å². The minimum atomic E-state index is 0.364. The summed E-state index contributed by atoms with van der Waals surface area (Å²) in [5, 5.41) is 8.47. The predicted octanol–water partition coefficient (Wildman–Crippen LogP) is 0.692. The third kappa shape index (κ3) is 1.40. The summed E-state index contributed by atoms with van der Waals surface area (Å²) < 4.78 is 7.41. The summed E-state index contributed by atoms with van der Waals surface area (Å²) in [6.07, 6.45) is 3.01. The van der Waals surface area contributed by atoms with Crippen molar-refractivity contribution in [1.82, 2.24) is 14.6 Å². The first-order valence-corrected chi connectivity index (χ1v) is 5.50. The molecule has 5 nitrogen and oxygen atoms in total. The van der Waals surface area contributed by atoms with Crippen LogP contribution in [0.15, 0.2) is 18.3 Å². The molecule has 1 aliphatic rings.